The zero-order chi connectivity index (χ0) is 17.1. The predicted octanol–water partition coefficient (Wildman–Crippen LogP) is 2.07. The number of para-hydroxylation sites is 1. The summed E-state index contributed by atoms with van der Waals surface area (Å²) in [5.74, 6) is -1.76. The number of carboxylic acid groups (broad SMARTS) is 1. The third-order valence-corrected chi connectivity index (χ3v) is 3.73. The Kier molecular flexibility index (Phi) is 4.83. The van der Waals surface area contributed by atoms with Crippen molar-refractivity contribution < 1.29 is 19.5 Å². The number of Topliss-reactive ketones (excluding diaryl/α,β-unsaturated/α-hetero) is 1. The number of carbonyl (C=O) groups is 3. The molecule has 0 aliphatic rings. The maximum atomic E-state index is 12.2. The normalized spacial score (nSPS) is 12.3. The van der Waals surface area contributed by atoms with Crippen LogP contribution in [0.2, 0.25) is 0 Å². The van der Waals surface area contributed by atoms with Gasteiger partial charge in [-0.15, -0.1) is 0 Å². The molecule has 0 saturated heterocycles. The van der Waals surface area contributed by atoms with Gasteiger partial charge in [0, 0.05) is 22.7 Å². The second-order valence-corrected chi connectivity index (χ2v) is 5.87. The smallest absolute Gasteiger partial charge is 0.326 e. The standard InChI is InChI=1S/C17H20N2O4/c1-10(2)16(17(22)23)18-15(21)9-19-8-13(11(3)20)12-6-4-5-7-14(12)19/h4-8,10,16H,9H2,1-3H3,(H,18,21)(H,22,23)/t16-/m1/s1. The first-order chi connectivity index (χ1) is 10.8. The molecule has 6 nitrogen and oxygen atoms in total. The average Bonchev–Trinajstić information content (AvgIpc) is 2.83. The Labute approximate surface area is 134 Å². The molecule has 2 aromatic rings. The van der Waals surface area contributed by atoms with E-state index in [0.717, 1.165) is 10.9 Å². The van der Waals surface area contributed by atoms with E-state index in [4.69, 9.17) is 5.11 Å². The van der Waals surface area contributed by atoms with Crippen LogP contribution in [0.1, 0.15) is 31.1 Å². The number of carbonyl (C=O) groups excluding carboxylic acids is 2. The van der Waals surface area contributed by atoms with Crippen molar-refractivity contribution in [2.24, 2.45) is 5.92 Å². The molecule has 0 aliphatic heterocycles. The van der Waals surface area contributed by atoms with Crippen LogP contribution < -0.4 is 5.32 Å². The van der Waals surface area contributed by atoms with Gasteiger partial charge in [-0.1, -0.05) is 32.0 Å². The molecule has 0 saturated carbocycles. The lowest BCUT2D eigenvalue weighted by atomic mass is 10.1. The first-order valence-corrected chi connectivity index (χ1v) is 7.42. The van der Waals surface area contributed by atoms with Crippen molar-refractivity contribution in [2.75, 3.05) is 0 Å². The Morgan fingerprint density at radius 1 is 1.22 bits per heavy atom. The lowest BCUT2D eigenvalue weighted by Crippen LogP contribution is -2.45. The maximum Gasteiger partial charge on any atom is 0.326 e. The van der Waals surface area contributed by atoms with Crippen LogP contribution in [0.4, 0.5) is 0 Å². The van der Waals surface area contributed by atoms with Crippen LogP contribution in [0.15, 0.2) is 30.5 Å². The minimum atomic E-state index is -1.06. The van der Waals surface area contributed by atoms with Crippen LogP contribution in [0.3, 0.4) is 0 Å². The van der Waals surface area contributed by atoms with Gasteiger partial charge in [0.1, 0.15) is 12.6 Å². The number of aromatic nitrogens is 1. The number of hydrogen-bond acceptors (Lipinski definition) is 3. The van der Waals surface area contributed by atoms with Crippen molar-refractivity contribution in [3.05, 3.63) is 36.0 Å². The maximum absolute atomic E-state index is 12.2. The lowest BCUT2D eigenvalue weighted by molar-refractivity contribution is -0.143. The van der Waals surface area contributed by atoms with E-state index < -0.39 is 17.9 Å². The molecule has 1 heterocycles. The van der Waals surface area contributed by atoms with Crippen molar-refractivity contribution >= 4 is 28.6 Å². The van der Waals surface area contributed by atoms with E-state index in [-0.39, 0.29) is 18.2 Å². The van der Waals surface area contributed by atoms with E-state index in [1.165, 1.54) is 6.92 Å². The van der Waals surface area contributed by atoms with Crippen molar-refractivity contribution in [3.63, 3.8) is 0 Å². The summed E-state index contributed by atoms with van der Waals surface area (Å²) in [6, 6.07) is 6.38. The molecule has 0 bridgehead atoms. The topological polar surface area (TPSA) is 88.4 Å². The number of amides is 1. The highest BCUT2D eigenvalue weighted by Crippen LogP contribution is 2.21. The third kappa shape index (κ3) is 3.59. The fraction of sp³-hybridized carbons (Fsp3) is 0.353. The summed E-state index contributed by atoms with van der Waals surface area (Å²) in [6.45, 7) is 4.91. The molecule has 1 atom stereocenters. The number of rotatable bonds is 6. The zero-order valence-electron chi connectivity index (χ0n) is 13.4. The molecular formula is C17H20N2O4. The monoisotopic (exact) mass is 316 g/mol. The SMILES string of the molecule is CC(=O)c1cn(CC(=O)N[C@@H](C(=O)O)C(C)C)c2ccccc12. The fourth-order valence-electron chi connectivity index (χ4n) is 2.55. The van der Waals surface area contributed by atoms with Crippen LogP contribution in [-0.2, 0) is 16.1 Å². The molecule has 0 aliphatic carbocycles. The third-order valence-electron chi connectivity index (χ3n) is 3.73. The molecule has 2 rings (SSSR count). The van der Waals surface area contributed by atoms with Gasteiger partial charge in [-0.25, -0.2) is 4.79 Å². The summed E-state index contributed by atoms with van der Waals surface area (Å²) >= 11 is 0. The van der Waals surface area contributed by atoms with Crippen molar-refractivity contribution in [1.82, 2.24) is 9.88 Å². The molecule has 23 heavy (non-hydrogen) atoms. The van der Waals surface area contributed by atoms with Crippen LogP contribution >= 0.6 is 0 Å². The first kappa shape index (κ1) is 16.7. The van der Waals surface area contributed by atoms with E-state index in [1.54, 1.807) is 24.6 Å². The largest absolute Gasteiger partial charge is 0.480 e. The molecule has 0 spiro atoms. The summed E-state index contributed by atoms with van der Waals surface area (Å²) in [7, 11) is 0. The van der Waals surface area contributed by atoms with Gasteiger partial charge in [0.25, 0.3) is 0 Å². The molecule has 1 aromatic heterocycles. The van der Waals surface area contributed by atoms with E-state index >= 15 is 0 Å². The van der Waals surface area contributed by atoms with Gasteiger partial charge < -0.3 is 15.0 Å². The highest BCUT2D eigenvalue weighted by Gasteiger charge is 2.23. The molecule has 0 fully saturated rings. The number of benzene rings is 1. The number of hydrogen-bond donors (Lipinski definition) is 2. The Balaban J connectivity index is 2.26. The first-order valence-electron chi connectivity index (χ1n) is 7.42. The quantitative estimate of drug-likeness (QED) is 0.799. The molecule has 1 aromatic carbocycles. The molecule has 0 unspecified atom stereocenters. The van der Waals surface area contributed by atoms with E-state index in [0.29, 0.717) is 5.56 Å². The Hall–Kier alpha value is -2.63. The van der Waals surface area contributed by atoms with Gasteiger partial charge in [0.2, 0.25) is 5.91 Å². The highest BCUT2D eigenvalue weighted by molar-refractivity contribution is 6.07. The molecule has 2 N–H and O–H groups in total. The molecule has 1 amide bonds. The van der Waals surface area contributed by atoms with E-state index in [9.17, 15) is 14.4 Å². The van der Waals surface area contributed by atoms with Gasteiger partial charge >= 0.3 is 5.97 Å². The highest BCUT2D eigenvalue weighted by atomic mass is 16.4. The zero-order valence-corrected chi connectivity index (χ0v) is 13.4. The fourth-order valence-corrected chi connectivity index (χ4v) is 2.55. The minimum Gasteiger partial charge on any atom is -0.480 e. The van der Waals surface area contributed by atoms with Crippen LogP contribution in [0.25, 0.3) is 10.9 Å². The Morgan fingerprint density at radius 2 is 1.87 bits per heavy atom. The average molecular weight is 316 g/mol. The van der Waals surface area contributed by atoms with Gasteiger partial charge in [-0.05, 0) is 18.9 Å². The number of nitrogens with zero attached hydrogens (tertiary/aromatic N) is 1. The van der Waals surface area contributed by atoms with E-state index in [1.807, 2.05) is 24.3 Å². The summed E-state index contributed by atoms with van der Waals surface area (Å²) in [6.07, 6.45) is 1.64. The molecule has 122 valence electrons. The second-order valence-electron chi connectivity index (χ2n) is 5.87. The van der Waals surface area contributed by atoms with Crippen molar-refractivity contribution in [2.45, 2.75) is 33.4 Å². The van der Waals surface area contributed by atoms with Gasteiger partial charge in [-0.2, -0.15) is 0 Å². The molecule has 0 radical (unpaired) electrons. The van der Waals surface area contributed by atoms with E-state index in [2.05, 4.69) is 5.32 Å². The summed E-state index contributed by atoms with van der Waals surface area (Å²) in [4.78, 5) is 35.1. The molecular weight excluding hydrogens is 296 g/mol. The van der Waals surface area contributed by atoms with Gasteiger partial charge in [0.15, 0.2) is 5.78 Å². The number of carboxylic acids is 1. The number of fused-ring (bicyclic) bond motifs is 1. The van der Waals surface area contributed by atoms with Crippen LogP contribution in [-0.4, -0.2) is 33.4 Å². The number of aliphatic carboxylic acids is 1. The van der Waals surface area contributed by atoms with Gasteiger partial charge in [0.05, 0.1) is 0 Å². The predicted molar refractivity (Wildman–Crippen MR) is 86.3 cm³/mol. The summed E-state index contributed by atoms with van der Waals surface area (Å²) in [5.41, 5.74) is 1.32. The molecule has 6 heteroatoms. The summed E-state index contributed by atoms with van der Waals surface area (Å²) in [5, 5.41) is 12.4. The van der Waals surface area contributed by atoms with Crippen molar-refractivity contribution in [1.29, 1.82) is 0 Å². The minimum absolute atomic E-state index is 0.0374. The van der Waals surface area contributed by atoms with Gasteiger partial charge in [-0.3, -0.25) is 9.59 Å². The number of ketones is 1. The van der Waals surface area contributed by atoms with Crippen LogP contribution in [0, 0.1) is 5.92 Å². The Morgan fingerprint density at radius 3 is 2.43 bits per heavy atom. The lowest BCUT2D eigenvalue weighted by Gasteiger charge is -2.18. The second kappa shape index (κ2) is 6.64. The number of nitrogens with one attached hydrogen (secondary N) is 1. The van der Waals surface area contributed by atoms with Crippen molar-refractivity contribution in [3.8, 4) is 0 Å². The van der Waals surface area contributed by atoms with Crippen LogP contribution in [0.5, 0.6) is 0 Å². The Bertz CT molecular complexity index is 761. The summed E-state index contributed by atoms with van der Waals surface area (Å²) < 4.78 is 1.67.